The van der Waals surface area contributed by atoms with E-state index in [0.717, 1.165) is 28.3 Å². The van der Waals surface area contributed by atoms with Gasteiger partial charge in [-0.1, -0.05) is 140 Å². The standard InChI is InChI=1S/C40H31N4.C12H8NO2S.Pt/c1-41-27-43(38-22-11-9-20-36(38)41)32-24-31(25-33(26-32)44-28-42(2)37-21-10-12-23-39(37)44)40-34(29-14-5-3-6-15-29)18-13-19-35(40)30-16-7-4-8-17-30;14-16(15)11-7-3-1-5-9(11)13-10-6-2-4-8-12(10)16;/h3-25,27-28H,1-2H3;1-8H;/q-3;-1;+4. The van der Waals surface area contributed by atoms with E-state index in [1.165, 1.54) is 39.2 Å². The Morgan fingerprint density at radius 3 is 1.31 bits per heavy atom. The van der Waals surface area contributed by atoms with Gasteiger partial charge in [-0.25, -0.2) is 8.42 Å². The first kappa shape index (κ1) is 39.8. The first-order valence-electron chi connectivity index (χ1n) is 19.7. The number of benzene rings is 8. The molecule has 0 spiro atoms. The van der Waals surface area contributed by atoms with Crippen molar-refractivity contribution in [1.29, 1.82) is 0 Å². The molecule has 7 nitrogen and oxygen atoms in total. The van der Waals surface area contributed by atoms with Crippen molar-refractivity contribution in [3.63, 3.8) is 0 Å². The predicted molar refractivity (Wildman–Crippen MR) is 245 cm³/mol. The van der Waals surface area contributed by atoms with Gasteiger partial charge in [-0.3, -0.25) is 0 Å². The molecule has 0 fully saturated rings. The summed E-state index contributed by atoms with van der Waals surface area (Å²) >= 11 is 0. The second-order valence-electron chi connectivity index (χ2n) is 14.8. The van der Waals surface area contributed by atoms with E-state index in [1.54, 1.807) is 48.5 Å². The zero-order valence-electron chi connectivity index (χ0n) is 33.3. The van der Waals surface area contributed by atoms with Crippen LogP contribution in [-0.4, -0.2) is 22.5 Å². The van der Waals surface area contributed by atoms with Crippen molar-refractivity contribution in [2.45, 2.75) is 9.79 Å². The van der Waals surface area contributed by atoms with E-state index >= 15 is 0 Å². The Bertz CT molecular complexity index is 2810. The molecule has 0 saturated heterocycles. The summed E-state index contributed by atoms with van der Waals surface area (Å²) in [6, 6.07) is 67.1. The van der Waals surface area contributed by atoms with E-state index in [1.807, 2.05) is 0 Å². The zero-order valence-corrected chi connectivity index (χ0v) is 36.4. The average Bonchev–Trinajstić information content (AvgIpc) is 3.83. The van der Waals surface area contributed by atoms with Crippen LogP contribution in [0, 0.1) is 19.4 Å². The van der Waals surface area contributed by atoms with E-state index in [4.69, 9.17) is 0 Å². The van der Waals surface area contributed by atoms with Crippen molar-refractivity contribution < 1.29 is 29.5 Å². The monoisotopic (exact) mass is 992 g/mol. The maximum Gasteiger partial charge on any atom is 4.00 e. The van der Waals surface area contributed by atoms with Gasteiger partial charge in [0.15, 0.2) is 0 Å². The molecule has 0 bridgehead atoms. The zero-order chi connectivity index (χ0) is 40.8. The minimum absolute atomic E-state index is 0. The third kappa shape index (κ3) is 7.26. The summed E-state index contributed by atoms with van der Waals surface area (Å²) in [6.07, 6.45) is 0. The van der Waals surface area contributed by atoms with Gasteiger partial charge in [0, 0.05) is 22.7 Å². The van der Waals surface area contributed by atoms with Gasteiger partial charge in [0.1, 0.15) is 0 Å². The molecule has 0 unspecified atom stereocenters. The van der Waals surface area contributed by atoms with Gasteiger partial charge < -0.3 is 24.9 Å². The van der Waals surface area contributed by atoms with Gasteiger partial charge in [0.05, 0.1) is 9.79 Å². The SMILES string of the molecule is CN1[CH-]N(c2[c-]c(N3[CH-]N(C)c4ccccc43)cc(-c3c(-c4ccccc4)cccc3-c3ccccc3)c2)c2ccccc21.O=S1(=O)c2ccccc2[N-]c2ccccc21.[Pt+4]. The number of para-hydroxylation sites is 6. The second kappa shape index (κ2) is 16.5. The summed E-state index contributed by atoms with van der Waals surface area (Å²) < 4.78 is 24.5. The van der Waals surface area contributed by atoms with Crippen LogP contribution in [0.1, 0.15) is 0 Å². The summed E-state index contributed by atoms with van der Waals surface area (Å²) in [4.78, 5) is 9.42. The van der Waals surface area contributed by atoms with E-state index in [9.17, 15) is 8.42 Å². The van der Waals surface area contributed by atoms with Gasteiger partial charge in [-0.2, -0.15) is 13.3 Å². The Morgan fingerprint density at radius 1 is 0.459 bits per heavy atom. The fourth-order valence-electron chi connectivity index (χ4n) is 8.24. The Balaban J connectivity index is 0.000000235. The number of anilines is 6. The van der Waals surface area contributed by atoms with Crippen LogP contribution in [0.25, 0.3) is 38.7 Å². The average molecular weight is 993 g/mol. The molecule has 8 aromatic carbocycles. The molecule has 0 radical (unpaired) electrons. The van der Waals surface area contributed by atoms with Crippen LogP contribution in [0.2, 0.25) is 0 Å². The van der Waals surface area contributed by atoms with Gasteiger partial charge >= 0.3 is 21.1 Å². The number of hydrogen-bond donors (Lipinski definition) is 0. The molecular formula is C52H39N5O2PtS. The maximum absolute atomic E-state index is 12.2. The van der Waals surface area contributed by atoms with Crippen LogP contribution >= 0.6 is 0 Å². The third-order valence-corrected chi connectivity index (χ3v) is 12.9. The third-order valence-electron chi connectivity index (χ3n) is 11.1. The first-order chi connectivity index (χ1) is 29.3. The van der Waals surface area contributed by atoms with Crippen molar-refractivity contribution in [2.75, 3.05) is 33.7 Å². The number of sulfone groups is 1. The van der Waals surface area contributed by atoms with Crippen molar-refractivity contribution >= 4 is 55.3 Å². The molecule has 0 saturated carbocycles. The molecule has 0 atom stereocenters. The minimum atomic E-state index is -3.40. The summed E-state index contributed by atoms with van der Waals surface area (Å²) in [5.41, 5.74) is 14.7. The number of rotatable bonds is 5. The van der Waals surface area contributed by atoms with Crippen molar-refractivity contribution in [1.82, 2.24) is 0 Å². The van der Waals surface area contributed by atoms with Crippen molar-refractivity contribution in [2.24, 2.45) is 0 Å². The van der Waals surface area contributed by atoms with Gasteiger partial charge in [-0.15, -0.1) is 46.5 Å². The minimum Gasteiger partial charge on any atom is -0.656 e. The molecule has 0 aromatic heterocycles. The van der Waals surface area contributed by atoms with Crippen LogP contribution in [-0.2, 0) is 30.9 Å². The number of nitrogens with zero attached hydrogens (tertiary/aromatic N) is 5. The molecule has 3 heterocycles. The van der Waals surface area contributed by atoms with Crippen LogP contribution in [0.15, 0.2) is 198 Å². The molecule has 9 heteroatoms. The topological polar surface area (TPSA) is 61.2 Å². The molecule has 0 aliphatic carbocycles. The van der Waals surface area contributed by atoms with Crippen molar-refractivity contribution in [3.8, 4) is 33.4 Å². The van der Waals surface area contributed by atoms with Crippen molar-refractivity contribution in [3.05, 3.63) is 213 Å². The molecule has 61 heavy (non-hydrogen) atoms. The molecule has 11 rings (SSSR count). The fourth-order valence-corrected chi connectivity index (χ4v) is 9.77. The van der Waals surface area contributed by atoms with Gasteiger partial charge in [0.25, 0.3) is 0 Å². The summed E-state index contributed by atoms with van der Waals surface area (Å²) in [5, 5.41) is 4.33. The fraction of sp³-hybridized carbons (Fsp3) is 0.0385. The van der Waals surface area contributed by atoms with Crippen LogP contribution in [0.5, 0.6) is 0 Å². The first-order valence-corrected chi connectivity index (χ1v) is 21.2. The van der Waals surface area contributed by atoms with E-state index in [2.05, 4.69) is 198 Å². The Kier molecular flexibility index (Phi) is 10.7. The smallest absolute Gasteiger partial charge is 0.656 e. The molecule has 3 aliphatic rings. The number of hydrogen-bond acceptors (Lipinski definition) is 6. The Hall–Kier alpha value is -6.60. The van der Waals surface area contributed by atoms with E-state index in [0.29, 0.717) is 11.4 Å². The maximum atomic E-state index is 12.2. The molecule has 0 N–H and O–H groups in total. The molecule has 0 amide bonds. The molecule has 3 aliphatic heterocycles. The quantitative estimate of drug-likeness (QED) is 0.160. The predicted octanol–water partition coefficient (Wildman–Crippen LogP) is 13.1. The van der Waals surface area contributed by atoms with Crippen LogP contribution < -0.4 is 19.6 Å². The summed E-state index contributed by atoms with van der Waals surface area (Å²) in [5.74, 6) is 0. The van der Waals surface area contributed by atoms with Crippen LogP contribution in [0.4, 0.5) is 45.5 Å². The van der Waals surface area contributed by atoms with E-state index < -0.39 is 9.84 Å². The second-order valence-corrected chi connectivity index (χ2v) is 16.7. The van der Waals surface area contributed by atoms with E-state index in [-0.39, 0.29) is 30.9 Å². The van der Waals surface area contributed by atoms with Gasteiger partial charge in [0.2, 0.25) is 9.84 Å². The summed E-state index contributed by atoms with van der Waals surface area (Å²) in [7, 11) is 0.802. The van der Waals surface area contributed by atoms with Crippen LogP contribution in [0.3, 0.4) is 0 Å². The largest absolute Gasteiger partial charge is 4.00 e. The number of fused-ring (bicyclic) bond motifs is 4. The Morgan fingerprint density at radius 2 is 0.852 bits per heavy atom. The van der Waals surface area contributed by atoms with Gasteiger partial charge in [-0.05, 0) is 78.3 Å². The Labute approximate surface area is 372 Å². The summed E-state index contributed by atoms with van der Waals surface area (Å²) in [6.45, 7) is 4.30. The molecular weight excluding hydrogens is 954 g/mol. The normalized spacial score (nSPS) is 14.1. The molecule has 300 valence electrons. The molecule has 8 aromatic rings.